The molecule has 3 heteroatoms. The predicted molar refractivity (Wildman–Crippen MR) is 170 cm³/mol. The molecule has 5 rings (SSSR count). The first-order valence-corrected chi connectivity index (χ1v) is 14.5. The summed E-state index contributed by atoms with van der Waals surface area (Å²) in [6, 6.07) is 38.0. The lowest BCUT2D eigenvalue weighted by Crippen LogP contribution is -2.15. The number of aromatic nitrogens is 1. The third kappa shape index (κ3) is 6.54. The van der Waals surface area contributed by atoms with E-state index in [4.69, 9.17) is 0 Å². The van der Waals surface area contributed by atoms with Gasteiger partial charge in [-0.2, -0.15) is 0 Å². The Hall–Kier alpha value is -4.11. The van der Waals surface area contributed by atoms with E-state index < -0.39 is 0 Å². The Labute approximate surface area is 238 Å². The molecule has 204 valence electrons. The van der Waals surface area contributed by atoms with Crippen molar-refractivity contribution in [2.24, 2.45) is 0 Å². The van der Waals surface area contributed by atoms with Gasteiger partial charge >= 0.3 is 0 Å². The second-order valence-corrected chi connectivity index (χ2v) is 11.7. The highest BCUT2D eigenvalue weighted by Crippen LogP contribution is 2.30. The van der Waals surface area contributed by atoms with Crippen LogP contribution in [0.1, 0.15) is 50.3 Å². The van der Waals surface area contributed by atoms with E-state index >= 15 is 0 Å². The average Bonchev–Trinajstić information content (AvgIpc) is 2.97. The molecule has 1 aromatic heterocycles. The number of rotatable bonds is 10. The quantitative estimate of drug-likeness (QED) is 0.184. The molecule has 0 saturated carbocycles. The van der Waals surface area contributed by atoms with Crippen molar-refractivity contribution < 1.29 is 0 Å². The summed E-state index contributed by atoms with van der Waals surface area (Å²) in [7, 11) is 0. The van der Waals surface area contributed by atoms with Crippen LogP contribution in [0.15, 0.2) is 114 Å². The van der Waals surface area contributed by atoms with Crippen molar-refractivity contribution in [1.29, 1.82) is 0 Å². The summed E-state index contributed by atoms with van der Waals surface area (Å²) < 4.78 is 2.35. The van der Waals surface area contributed by atoms with Crippen LogP contribution in [-0.4, -0.2) is 11.1 Å². The van der Waals surface area contributed by atoms with Gasteiger partial charge in [0.2, 0.25) is 0 Å². The van der Waals surface area contributed by atoms with E-state index in [9.17, 15) is 4.79 Å². The van der Waals surface area contributed by atoms with Gasteiger partial charge in [0.15, 0.2) is 5.43 Å². The fourth-order valence-electron chi connectivity index (χ4n) is 5.44. The van der Waals surface area contributed by atoms with Crippen LogP contribution in [0.3, 0.4) is 0 Å². The van der Waals surface area contributed by atoms with Gasteiger partial charge in [-0.15, -0.1) is 0 Å². The minimum atomic E-state index is 0.0652. The van der Waals surface area contributed by atoms with Gasteiger partial charge in [0, 0.05) is 24.8 Å². The molecule has 4 aromatic carbocycles. The van der Waals surface area contributed by atoms with Crippen molar-refractivity contribution in [2.75, 3.05) is 11.9 Å². The highest BCUT2D eigenvalue weighted by Gasteiger charge is 2.16. The topological polar surface area (TPSA) is 34.0 Å². The SMILES string of the molecule is CC(C)(C)c1ccc(-c2cc(=O)c3c(NCCCc4ccccc4)cccc3n2CCCc2ccccc2)cc1. The molecule has 0 aliphatic carbocycles. The molecule has 5 aromatic rings. The van der Waals surface area contributed by atoms with Crippen LogP contribution >= 0.6 is 0 Å². The second-order valence-electron chi connectivity index (χ2n) is 11.7. The molecular formula is C37H40N2O. The number of nitrogens with zero attached hydrogens (tertiary/aromatic N) is 1. The number of hydrogen-bond acceptors (Lipinski definition) is 2. The van der Waals surface area contributed by atoms with E-state index in [0.29, 0.717) is 0 Å². The lowest BCUT2D eigenvalue weighted by atomic mass is 9.86. The van der Waals surface area contributed by atoms with Gasteiger partial charge in [-0.3, -0.25) is 4.79 Å². The van der Waals surface area contributed by atoms with E-state index in [-0.39, 0.29) is 10.8 Å². The summed E-state index contributed by atoms with van der Waals surface area (Å²) in [5.74, 6) is 0. The molecule has 1 N–H and O–H groups in total. The Bertz CT molecular complexity index is 1590. The smallest absolute Gasteiger partial charge is 0.192 e. The third-order valence-corrected chi connectivity index (χ3v) is 7.68. The Kier molecular flexibility index (Phi) is 8.50. The summed E-state index contributed by atoms with van der Waals surface area (Å²) in [4.78, 5) is 13.7. The van der Waals surface area contributed by atoms with Gasteiger partial charge in [0.1, 0.15) is 0 Å². The Morgan fingerprint density at radius 3 is 1.95 bits per heavy atom. The molecule has 3 nitrogen and oxygen atoms in total. The second kappa shape index (κ2) is 12.4. The molecular weight excluding hydrogens is 488 g/mol. The zero-order valence-electron chi connectivity index (χ0n) is 24.0. The minimum Gasteiger partial charge on any atom is -0.384 e. The molecule has 0 radical (unpaired) electrons. The molecule has 0 aliphatic rings. The van der Waals surface area contributed by atoms with Crippen molar-refractivity contribution in [2.45, 2.75) is 58.4 Å². The molecule has 0 aliphatic heterocycles. The Balaban J connectivity index is 1.47. The predicted octanol–water partition coefficient (Wildman–Crippen LogP) is 8.64. The number of hydrogen-bond donors (Lipinski definition) is 1. The summed E-state index contributed by atoms with van der Waals surface area (Å²) in [5.41, 5.74) is 8.08. The molecule has 0 bridgehead atoms. The standard InChI is InChI=1S/C37H40N2O/c1-37(2,3)31-23-21-30(22-24-31)34-27-35(40)36-32(38-25-11-17-28-13-6-4-7-14-28)19-10-20-33(36)39(34)26-12-18-29-15-8-5-9-16-29/h4-10,13-16,19-24,27,38H,11-12,17-18,25-26H2,1-3H3. The summed E-state index contributed by atoms with van der Waals surface area (Å²) >= 11 is 0. The maximum atomic E-state index is 13.7. The van der Waals surface area contributed by atoms with E-state index in [2.05, 4.69) is 128 Å². The molecule has 0 fully saturated rings. The molecule has 0 atom stereocenters. The van der Waals surface area contributed by atoms with Crippen LogP contribution in [0.4, 0.5) is 5.69 Å². The van der Waals surface area contributed by atoms with Crippen LogP contribution in [0.25, 0.3) is 22.2 Å². The number of aryl methyl sites for hydroxylation is 3. The van der Waals surface area contributed by atoms with Gasteiger partial charge in [0.05, 0.1) is 16.6 Å². The summed E-state index contributed by atoms with van der Waals surface area (Å²) in [5, 5.41) is 4.35. The zero-order valence-corrected chi connectivity index (χ0v) is 24.0. The van der Waals surface area contributed by atoms with Gasteiger partial charge < -0.3 is 9.88 Å². The van der Waals surface area contributed by atoms with Gasteiger partial charge in [-0.1, -0.05) is 112 Å². The number of pyridine rings is 1. The molecule has 0 spiro atoms. The van der Waals surface area contributed by atoms with E-state index in [1.165, 1.54) is 16.7 Å². The third-order valence-electron chi connectivity index (χ3n) is 7.68. The van der Waals surface area contributed by atoms with Crippen molar-refractivity contribution in [3.63, 3.8) is 0 Å². The molecule has 1 heterocycles. The number of fused-ring (bicyclic) bond motifs is 1. The van der Waals surface area contributed by atoms with Crippen LogP contribution in [0, 0.1) is 0 Å². The zero-order chi connectivity index (χ0) is 28.0. The Morgan fingerprint density at radius 1 is 0.700 bits per heavy atom. The van der Waals surface area contributed by atoms with Crippen molar-refractivity contribution in [1.82, 2.24) is 4.57 Å². The first-order chi connectivity index (χ1) is 19.4. The minimum absolute atomic E-state index is 0.0652. The van der Waals surface area contributed by atoms with E-state index in [1.807, 2.05) is 12.1 Å². The highest BCUT2D eigenvalue weighted by molar-refractivity contribution is 5.93. The maximum absolute atomic E-state index is 13.7. The fourth-order valence-corrected chi connectivity index (χ4v) is 5.44. The molecule has 0 saturated heterocycles. The van der Waals surface area contributed by atoms with Crippen LogP contribution < -0.4 is 10.7 Å². The van der Waals surface area contributed by atoms with Crippen LogP contribution in [-0.2, 0) is 24.8 Å². The van der Waals surface area contributed by atoms with Crippen LogP contribution in [0.5, 0.6) is 0 Å². The lowest BCUT2D eigenvalue weighted by molar-refractivity contribution is 0.590. The lowest BCUT2D eigenvalue weighted by Gasteiger charge is -2.21. The van der Waals surface area contributed by atoms with E-state index in [1.54, 1.807) is 0 Å². The van der Waals surface area contributed by atoms with Gasteiger partial charge in [-0.25, -0.2) is 0 Å². The van der Waals surface area contributed by atoms with Crippen molar-refractivity contribution in [3.05, 3.63) is 136 Å². The van der Waals surface area contributed by atoms with Crippen molar-refractivity contribution >= 4 is 16.6 Å². The van der Waals surface area contributed by atoms with Gasteiger partial charge in [0.25, 0.3) is 0 Å². The van der Waals surface area contributed by atoms with E-state index in [0.717, 1.165) is 66.6 Å². The molecule has 40 heavy (non-hydrogen) atoms. The largest absolute Gasteiger partial charge is 0.384 e. The molecule has 0 unspecified atom stereocenters. The first-order valence-electron chi connectivity index (χ1n) is 14.5. The normalized spacial score (nSPS) is 11.6. The number of benzene rings is 4. The first kappa shape index (κ1) is 27.5. The Morgan fingerprint density at radius 2 is 1.32 bits per heavy atom. The van der Waals surface area contributed by atoms with Gasteiger partial charge in [-0.05, 0) is 65.5 Å². The monoisotopic (exact) mass is 528 g/mol. The number of anilines is 1. The average molecular weight is 529 g/mol. The van der Waals surface area contributed by atoms with Crippen molar-refractivity contribution in [3.8, 4) is 11.3 Å². The fraction of sp³-hybridized carbons (Fsp3) is 0.270. The van der Waals surface area contributed by atoms with Crippen LogP contribution in [0.2, 0.25) is 0 Å². The highest BCUT2D eigenvalue weighted by atomic mass is 16.1. The number of nitrogens with one attached hydrogen (secondary N) is 1. The summed E-state index contributed by atoms with van der Waals surface area (Å²) in [6.45, 7) is 8.33. The molecule has 0 amide bonds. The summed E-state index contributed by atoms with van der Waals surface area (Å²) in [6.07, 6.45) is 4.00. The maximum Gasteiger partial charge on any atom is 0.192 e.